The van der Waals surface area contributed by atoms with Crippen LogP contribution in [0.3, 0.4) is 0 Å². The molecule has 18 heteroatoms. The number of aryl methyl sites for hydroxylation is 1. The molecule has 59 heavy (non-hydrogen) atoms. The summed E-state index contributed by atoms with van der Waals surface area (Å²) in [7, 11) is 0. The van der Waals surface area contributed by atoms with Crippen LogP contribution in [0.25, 0.3) is 39.5 Å². The molecule has 2 aliphatic rings. The van der Waals surface area contributed by atoms with Crippen molar-refractivity contribution in [3.8, 4) is 28.4 Å². The Hall–Kier alpha value is -6.11. The minimum absolute atomic E-state index is 0.146. The lowest BCUT2D eigenvalue weighted by atomic mass is 9.98. The number of benzene rings is 1. The molecule has 2 fully saturated rings. The predicted octanol–water partition coefficient (Wildman–Crippen LogP) is 4.26. The first-order chi connectivity index (χ1) is 28.5. The zero-order valence-corrected chi connectivity index (χ0v) is 33.2. The van der Waals surface area contributed by atoms with Crippen LogP contribution in [0.15, 0.2) is 71.5 Å². The monoisotopic (exact) mass is 814 g/mol. The van der Waals surface area contributed by atoms with E-state index in [1.54, 1.807) is 15.6 Å². The van der Waals surface area contributed by atoms with Crippen molar-refractivity contribution in [1.82, 2.24) is 24.5 Å². The van der Waals surface area contributed by atoms with Crippen LogP contribution in [0.4, 0.5) is 5.69 Å². The number of rotatable bonds is 15. The Morgan fingerprint density at radius 1 is 0.831 bits per heavy atom. The molecule has 2 saturated heterocycles. The average molecular weight is 815 g/mol. The van der Waals surface area contributed by atoms with Crippen molar-refractivity contribution in [1.29, 1.82) is 0 Å². The van der Waals surface area contributed by atoms with Gasteiger partial charge >= 0.3 is 23.9 Å². The van der Waals surface area contributed by atoms with Crippen molar-refractivity contribution >= 4 is 40.7 Å². The van der Waals surface area contributed by atoms with Gasteiger partial charge in [0, 0.05) is 84.0 Å². The number of hydrogen-bond donors (Lipinski definition) is 0. The smallest absolute Gasteiger partial charge is 0.303 e. The number of pyridine rings is 1. The van der Waals surface area contributed by atoms with Gasteiger partial charge in [-0.25, -0.2) is 9.67 Å². The van der Waals surface area contributed by atoms with Gasteiger partial charge in [0.25, 0.3) is 0 Å². The maximum absolute atomic E-state index is 12.1. The fourth-order valence-electron chi connectivity index (χ4n) is 7.02. The summed E-state index contributed by atoms with van der Waals surface area (Å²) >= 11 is 0. The number of nitrogens with zero attached hydrogens (tertiary/aromatic N) is 6. The molecule has 6 heterocycles. The molecule has 1 aromatic carbocycles. The predicted molar refractivity (Wildman–Crippen MR) is 208 cm³/mol. The van der Waals surface area contributed by atoms with E-state index in [1.165, 1.54) is 13.8 Å². The zero-order chi connectivity index (χ0) is 41.5. The van der Waals surface area contributed by atoms with Gasteiger partial charge in [-0.05, 0) is 18.9 Å². The van der Waals surface area contributed by atoms with Gasteiger partial charge in [-0.2, -0.15) is 10.2 Å². The second-order valence-corrected chi connectivity index (χ2v) is 14.1. The highest BCUT2D eigenvalue weighted by atomic mass is 16.7. The highest BCUT2D eigenvalue weighted by molar-refractivity contribution is 5.91. The maximum atomic E-state index is 12.1. The third-order valence-electron chi connectivity index (χ3n) is 9.62. The number of aromatic nitrogens is 5. The average Bonchev–Trinajstić information content (AvgIpc) is 3.99. The van der Waals surface area contributed by atoms with Crippen molar-refractivity contribution in [2.45, 2.75) is 77.8 Å². The van der Waals surface area contributed by atoms with Gasteiger partial charge in [-0.3, -0.25) is 23.9 Å². The normalized spacial score (nSPS) is 20.6. The van der Waals surface area contributed by atoms with Gasteiger partial charge < -0.3 is 42.5 Å². The van der Waals surface area contributed by atoms with E-state index in [-0.39, 0.29) is 13.2 Å². The molecule has 4 aromatic heterocycles. The zero-order valence-electron chi connectivity index (χ0n) is 33.2. The van der Waals surface area contributed by atoms with E-state index >= 15 is 0 Å². The van der Waals surface area contributed by atoms with E-state index in [2.05, 4.69) is 10.00 Å². The van der Waals surface area contributed by atoms with Crippen LogP contribution in [-0.4, -0.2) is 119 Å². The van der Waals surface area contributed by atoms with Crippen LogP contribution < -0.4 is 4.90 Å². The Kier molecular flexibility index (Phi) is 13.0. The SMILES string of the molecule is CC(=O)OCC1OC(OCCCCn2cc(-c3cc4nc(-n5ccc(-c6ccccc6)n5)cc(N5CCOCC5)c4o3)cn2)C(OC(C)=O)C(OC(C)=O)C1OC(C)=O. The van der Waals surface area contributed by atoms with Gasteiger partial charge in [-0.15, -0.1) is 0 Å². The molecule has 0 bridgehead atoms. The molecule has 5 unspecified atom stereocenters. The molecule has 2 aliphatic heterocycles. The van der Waals surface area contributed by atoms with Crippen LogP contribution in [-0.2, 0) is 58.9 Å². The van der Waals surface area contributed by atoms with Crippen molar-refractivity contribution < 1.29 is 56.8 Å². The van der Waals surface area contributed by atoms with Crippen molar-refractivity contribution in [2.24, 2.45) is 0 Å². The highest BCUT2D eigenvalue weighted by Gasteiger charge is 2.52. The summed E-state index contributed by atoms with van der Waals surface area (Å²) in [6.07, 6.45) is 0.527. The molecule has 312 valence electrons. The molecular weight excluding hydrogens is 768 g/mol. The summed E-state index contributed by atoms with van der Waals surface area (Å²) in [5, 5.41) is 9.38. The minimum atomic E-state index is -1.30. The number of carbonyl (C=O) groups is 4. The number of esters is 4. The fraction of sp³-hybridized carbons (Fsp3) is 0.439. The number of fused-ring (bicyclic) bond motifs is 1. The standard InChI is InChI=1S/C41H46N6O12/c1-25(48)54-24-35-38(55-26(2)49)39(56-27(3)50)40(57-28(4)51)41(59-35)53-17-9-8-13-46-23-30(22-42-46)34-20-32-37(58-34)33(45-15-18-52-19-16-45)21-36(43-32)47-14-12-31(44-47)29-10-6-5-7-11-29/h5-7,10-12,14,20-23,35,38-41H,8-9,13,15-19,24H2,1-4H3. The van der Waals surface area contributed by atoms with E-state index in [1.807, 2.05) is 60.9 Å². The van der Waals surface area contributed by atoms with Crippen LogP contribution >= 0.6 is 0 Å². The van der Waals surface area contributed by atoms with Crippen molar-refractivity contribution in [3.63, 3.8) is 0 Å². The molecule has 0 spiro atoms. The third-order valence-corrected chi connectivity index (χ3v) is 9.62. The summed E-state index contributed by atoms with van der Waals surface area (Å²) < 4.78 is 49.3. The molecule has 5 aromatic rings. The van der Waals surface area contributed by atoms with Gasteiger partial charge in [0.1, 0.15) is 24.0 Å². The molecule has 0 saturated carbocycles. The van der Waals surface area contributed by atoms with Gasteiger partial charge in [0.2, 0.25) is 0 Å². The van der Waals surface area contributed by atoms with Gasteiger partial charge in [0.05, 0.1) is 36.4 Å². The van der Waals surface area contributed by atoms with E-state index in [0.29, 0.717) is 68.4 Å². The molecule has 0 radical (unpaired) electrons. The first kappa shape index (κ1) is 41.1. The number of morpholine rings is 1. The number of anilines is 1. The lowest BCUT2D eigenvalue weighted by Crippen LogP contribution is -2.63. The number of carbonyl (C=O) groups excluding carboxylic acids is 4. The van der Waals surface area contributed by atoms with Crippen molar-refractivity contribution in [2.75, 3.05) is 44.4 Å². The van der Waals surface area contributed by atoms with Crippen LogP contribution in [0.5, 0.6) is 0 Å². The summed E-state index contributed by atoms with van der Waals surface area (Å²) in [5.74, 6) is -1.46. The molecule has 0 aliphatic carbocycles. The Balaban J connectivity index is 1.03. The van der Waals surface area contributed by atoms with E-state index in [9.17, 15) is 19.2 Å². The number of ether oxygens (including phenoxy) is 7. The highest BCUT2D eigenvalue weighted by Crippen LogP contribution is 2.35. The van der Waals surface area contributed by atoms with Gasteiger partial charge in [-0.1, -0.05) is 30.3 Å². The Labute approximate surface area is 339 Å². The topological polar surface area (TPSA) is 198 Å². The summed E-state index contributed by atoms with van der Waals surface area (Å²) in [4.78, 5) is 55.1. The quantitative estimate of drug-likeness (QED) is 0.0825. The van der Waals surface area contributed by atoms with E-state index in [4.69, 9.17) is 47.7 Å². The third kappa shape index (κ3) is 10.1. The number of hydrogen-bond acceptors (Lipinski definition) is 16. The molecule has 5 atom stereocenters. The first-order valence-corrected chi connectivity index (χ1v) is 19.4. The minimum Gasteiger partial charge on any atom is -0.463 e. The van der Waals surface area contributed by atoms with Gasteiger partial charge in [0.15, 0.2) is 36.0 Å². The molecular formula is C41H46N6O12. The molecule has 0 N–H and O–H groups in total. The summed E-state index contributed by atoms with van der Waals surface area (Å²) in [6.45, 7) is 7.68. The van der Waals surface area contributed by atoms with E-state index in [0.717, 1.165) is 36.4 Å². The largest absolute Gasteiger partial charge is 0.463 e. The van der Waals surface area contributed by atoms with E-state index < -0.39 is 54.6 Å². The first-order valence-electron chi connectivity index (χ1n) is 19.4. The molecule has 7 rings (SSSR count). The number of furan rings is 1. The second-order valence-electron chi connectivity index (χ2n) is 14.1. The fourth-order valence-corrected chi connectivity index (χ4v) is 7.02. The van der Waals surface area contributed by atoms with Crippen molar-refractivity contribution in [3.05, 3.63) is 67.1 Å². The van der Waals surface area contributed by atoms with Crippen LogP contribution in [0.2, 0.25) is 0 Å². The number of unbranched alkanes of at least 4 members (excludes halogenated alkanes) is 1. The Bertz CT molecular complexity index is 2250. The van der Waals surface area contributed by atoms with Crippen LogP contribution in [0.1, 0.15) is 40.5 Å². The van der Waals surface area contributed by atoms with Crippen LogP contribution in [0, 0.1) is 0 Å². The lowest BCUT2D eigenvalue weighted by Gasteiger charge is -2.44. The molecule has 0 amide bonds. The Morgan fingerprint density at radius 3 is 2.29 bits per heavy atom. The second kappa shape index (κ2) is 18.6. The Morgan fingerprint density at radius 2 is 1.56 bits per heavy atom. The summed E-state index contributed by atoms with van der Waals surface area (Å²) in [5.41, 5.74) is 4.87. The maximum Gasteiger partial charge on any atom is 0.303 e. The summed E-state index contributed by atoms with van der Waals surface area (Å²) in [6, 6.07) is 15.8. The lowest BCUT2D eigenvalue weighted by molar-refractivity contribution is -0.308. The molecule has 18 nitrogen and oxygen atoms in total.